The lowest BCUT2D eigenvalue weighted by Crippen LogP contribution is -2.36. The number of benzene rings is 1. The lowest BCUT2D eigenvalue weighted by molar-refractivity contribution is -0.117. The minimum atomic E-state index is -0.461. The van der Waals surface area contributed by atoms with Gasteiger partial charge in [0.2, 0.25) is 5.91 Å². The van der Waals surface area contributed by atoms with E-state index in [0.29, 0.717) is 6.42 Å². The lowest BCUT2D eigenvalue weighted by atomic mass is 10.2. The Hall–Kier alpha value is -1.53. The number of anilines is 1. The van der Waals surface area contributed by atoms with Crippen LogP contribution in [-0.2, 0) is 17.8 Å². The highest BCUT2D eigenvalue weighted by Crippen LogP contribution is 2.24. The van der Waals surface area contributed by atoms with Gasteiger partial charge < -0.3 is 15.6 Å². The van der Waals surface area contributed by atoms with Crippen molar-refractivity contribution < 1.29 is 4.79 Å². The highest BCUT2D eigenvalue weighted by Gasteiger charge is 2.16. The normalized spacial score (nSPS) is 15.9. The zero-order valence-electron chi connectivity index (χ0n) is 13.5. The van der Waals surface area contributed by atoms with Crippen LogP contribution in [0.25, 0.3) is 11.0 Å². The smallest absolute Gasteiger partial charge is 0.241 e. The number of imidazole rings is 1. The molecule has 0 fully saturated rings. The molecule has 5 nitrogen and oxygen atoms in total. The van der Waals surface area contributed by atoms with E-state index in [-0.39, 0.29) is 5.91 Å². The number of fused-ring (bicyclic) bond motifs is 3. The van der Waals surface area contributed by atoms with Crippen molar-refractivity contribution >= 4 is 34.4 Å². The Morgan fingerprint density at radius 1 is 1.43 bits per heavy atom. The molecule has 1 aromatic heterocycles. The summed E-state index contributed by atoms with van der Waals surface area (Å²) in [5, 5.41) is 2.91. The first kappa shape index (κ1) is 16.3. The molecule has 0 saturated heterocycles. The van der Waals surface area contributed by atoms with E-state index >= 15 is 0 Å². The van der Waals surface area contributed by atoms with Crippen LogP contribution in [0.1, 0.15) is 31.5 Å². The molecule has 0 unspecified atom stereocenters. The van der Waals surface area contributed by atoms with Crippen LogP contribution in [0.3, 0.4) is 0 Å². The number of carbonyl (C=O) groups is 1. The monoisotopic (exact) mass is 332 g/mol. The molecule has 23 heavy (non-hydrogen) atoms. The minimum Gasteiger partial charge on any atom is -0.328 e. The Bertz CT molecular complexity index is 697. The topological polar surface area (TPSA) is 72.9 Å². The molecule has 0 spiro atoms. The lowest BCUT2D eigenvalue weighted by Gasteiger charge is -2.11. The van der Waals surface area contributed by atoms with E-state index in [1.54, 1.807) is 11.8 Å². The van der Waals surface area contributed by atoms with Gasteiger partial charge in [0, 0.05) is 18.7 Å². The van der Waals surface area contributed by atoms with Crippen LogP contribution >= 0.6 is 11.8 Å². The predicted molar refractivity (Wildman–Crippen MR) is 96.9 cm³/mol. The number of nitrogens with two attached hydrogens (primary N) is 1. The maximum atomic E-state index is 12.1. The number of hydrogen-bond acceptors (Lipinski definition) is 4. The third-order valence-corrected chi connectivity index (χ3v) is 4.99. The van der Waals surface area contributed by atoms with Crippen LogP contribution in [0, 0.1) is 0 Å². The Morgan fingerprint density at radius 2 is 2.30 bits per heavy atom. The predicted octanol–water partition coefficient (Wildman–Crippen LogP) is 2.78. The number of amides is 1. The second-order valence-electron chi connectivity index (χ2n) is 6.07. The van der Waals surface area contributed by atoms with Gasteiger partial charge in [-0.15, -0.1) is 0 Å². The van der Waals surface area contributed by atoms with Crippen LogP contribution in [0.5, 0.6) is 0 Å². The van der Waals surface area contributed by atoms with Gasteiger partial charge in [-0.2, -0.15) is 11.8 Å². The van der Waals surface area contributed by atoms with Gasteiger partial charge in [0.1, 0.15) is 5.82 Å². The summed E-state index contributed by atoms with van der Waals surface area (Å²) in [5.74, 6) is 1.93. The van der Waals surface area contributed by atoms with Gasteiger partial charge in [-0.05, 0) is 49.5 Å². The number of thioether (sulfide) groups is 1. The number of aromatic nitrogens is 2. The fourth-order valence-corrected chi connectivity index (χ4v) is 3.53. The zero-order valence-corrected chi connectivity index (χ0v) is 14.4. The second kappa shape index (κ2) is 7.36. The molecule has 0 radical (unpaired) electrons. The molecule has 3 N–H and O–H groups in total. The summed E-state index contributed by atoms with van der Waals surface area (Å²) in [7, 11) is 0. The summed E-state index contributed by atoms with van der Waals surface area (Å²) in [6.45, 7) is 1.04. The summed E-state index contributed by atoms with van der Waals surface area (Å²) in [5.41, 5.74) is 8.80. The third kappa shape index (κ3) is 3.70. The second-order valence-corrected chi connectivity index (χ2v) is 7.06. The van der Waals surface area contributed by atoms with Crippen molar-refractivity contribution in [2.75, 3.05) is 17.3 Å². The highest BCUT2D eigenvalue weighted by atomic mass is 32.2. The maximum absolute atomic E-state index is 12.1. The summed E-state index contributed by atoms with van der Waals surface area (Å²) in [6.07, 6.45) is 7.43. The molecule has 1 aliphatic rings. The molecule has 0 saturated carbocycles. The van der Waals surface area contributed by atoms with Crippen LogP contribution in [0.4, 0.5) is 5.69 Å². The van der Waals surface area contributed by atoms with E-state index < -0.39 is 6.04 Å². The van der Waals surface area contributed by atoms with Gasteiger partial charge in [-0.25, -0.2) is 4.98 Å². The first-order valence-corrected chi connectivity index (χ1v) is 9.63. The third-order valence-electron chi connectivity index (χ3n) is 4.35. The molecule has 124 valence electrons. The van der Waals surface area contributed by atoms with Gasteiger partial charge in [-0.1, -0.05) is 6.42 Å². The van der Waals surface area contributed by atoms with Crippen molar-refractivity contribution in [3.8, 4) is 0 Å². The molecule has 3 rings (SSSR count). The fraction of sp³-hybridized carbons (Fsp3) is 0.529. The van der Waals surface area contributed by atoms with Gasteiger partial charge >= 0.3 is 0 Å². The van der Waals surface area contributed by atoms with Gasteiger partial charge in [-0.3, -0.25) is 4.79 Å². The molecule has 1 aromatic carbocycles. The van der Waals surface area contributed by atoms with E-state index in [1.165, 1.54) is 19.3 Å². The standard InChI is InChI=1S/C17H24N4OS/c1-23-10-8-13(18)17(22)19-12-6-7-15-14(11-12)20-16-5-3-2-4-9-21(15)16/h6-7,11,13H,2-5,8-10,18H2,1H3,(H,19,22)/t13-/m0/s1. The number of hydrogen-bond donors (Lipinski definition) is 2. The molecule has 1 aliphatic heterocycles. The average Bonchev–Trinajstić information content (AvgIpc) is 2.73. The maximum Gasteiger partial charge on any atom is 0.241 e. The quantitative estimate of drug-likeness (QED) is 0.883. The number of carbonyl (C=O) groups excluding carboxylic acids is 1. The van der Waals surface area contributed by atoms with Gasteiger partial charge in [0.05, 0.1) is 17.1 Å². The summed E-state index contributed by atoms with van der Waals surface area (Å²) in [4.78, 5) is 16.9. The van der Waals surface area contributed by atoms with Crippen molar-refractivity contribution in [2.45, 2.75) is 44.7 Å². The molecule has 1 amide bonds. The number of rotatable bonds is 5. The highest BCUT2D eigenvalue weighted by molar-refractivity contribution is 7.98. The molecule has 2 aromatic rings. The van der Waals surface area contributed by atoms with E-state index in [2.05, 4.69) is 16.0 Å². The van der Waals surface area contributed by atoms with Crippen LogP contribution < -0.4 is 11.1 Å². The molecule has 2 heterocycles. The zero-order chi connectivity index (χ0) is 16.2. The number of nitrogens with one attached hydrogen (secondary N) is 1. The largest absolute Gasteiger partial charge is 0.328 e. The molecule has 0 aliphatic carbocycles. The van der Waals surface area contributed by atoms with Crippen molar-refractivity contribution in [3.63, 3.8) is 0 Å². The minimum absolute atomic E-state index is 0.126. The van der Waals surface area contributed by atoms with E-state index in [1.807, 2.05) is 18.4 Å². The van der Waals surface area contributed by atoms with Crippen molar-refractivity contribution in [2.24, 2.45) is 5.73 Å². The summed E-state index contributed by atoms with van der Waals surface area (Å²) >= 11 is 1.70. The Kier molecular flexibility index (Phi) is 5.23. The molecular weight excluding hydrogens is 308 g/mol. The van der Waals surface area contributed by atoms with Gasteiger partial charge in [0.15, 0.2) is 0 Å². The van der Waals surface area contributed by atoms with Gasteiger partial charge in [0.25, 0.3) is 0 Å². The van der Waals surface area contributed by atoms with Crippen molar-refractivity contribution in [1.29, 1.82) is 0 Å². The van der Waals surface area contributed by atoms with Crippen molar-refractivity contribution in [1.82, 2.24) is 9.55 Å². The Balaban J connectivity index is 1.77. The molecule has 6 heteroatoms. The molecular formula is C17H24N4OS. The SMILES string of the molecule is CSCC[C@H](N)C(=O)Nc1ccc2c(c1)nc1n2CCCCC1. The summed E-state index contributed by atoms with van der Waals surface area (Å²) in [6, 6.07) is 5.49. The van der Waals surface area contributed by atoms with E-state index in [9.17, 15) is 4.79 Å². The fourth-order valence-electron chi connectivity index (χ4n) is 3.04. The average molecular weight is 332 g/mol. The number of nitrogens with zero attached hydrogens (tertiary/aromatic N) is 2. The molecule has 1 atom stereocenters. The molecule has 0 bridgehead atoms. The van der Waals surface area contributed by atoms with E-state index in [4.69, 9.17) is 10.7 Å². The van der Waals surface area contributed by atoms with E-state index in [0.717, 1.165) is 41.3 Å². The number of aryl methyl sites for hydroxylation is 2. The Morgan fingerprint density at radius 3 is 3.13 bits per heavy atom. The Labute approximate surface area is 141 Å². The first-order valence-electron chi connectivity index (χ1n) is 8.23. The van der Waals surface area contributed by atoms with Crippen molar-refractivity contribution in [3.05, 3.63) is 24.0 Å². The summed E-state index contributed by atoms with van der Waals surface area (Å²) < 4.78 is 2.32. The van der Waals surface area contributed by atoms with Crippen LogP contribution in [0.2, 0.25) is 0 Å². The van der Waals surface area contributed by atoms with Crippen LogP contribution in [-0.4, -0.2) is 33.5 Å². The first-order chi connectivity index (χ1) is 11.2. The van der Waals surface area contributed by atoms with Crippen LogP contribution in [0.15, 0.2) is 18.2 Å².